The first-order chi connectivity index (χ1) is 8.06. The van der Waals surface area contributed by atoms with E-state index in [0.29, 0.717) is 12.2 Å². The molecule has 6 heteroatoms. The third kappa shape index (κ3) is 10.3. The van der Waals surface area contributed by atoms with E-state index in [1.807, 2.05) is 30.3 Å². The maximum Gasteiger partial charge on any atom is 0.328 e. The first-order valence-electron chi connectivity index (χ1n) is 4.39. The fourth-order valence-corrected chi connectivity index (χ4v) is 0.974. The number of carboxylic acid groups (broad SMARTS) is 2. The molecule has 0 atom stereocenters. The summed E-state index contributed by atoms with van der Waals surface area (Å²) in [6.45, 7) is 0. The predicted octanol–water partition coefficient (Wildman–Crippen LogP) is 2.13. The third-order valence-corrected chi connectivity index (χ3v) is 1.57. The summed E-state index contributed by atoms with van der Waals surface area (Å²) in [5, 5.41) is 15.6. The zero-order chi connectivity index (χ0) is 13.1. The topological polar surface area (TPSA) is 87.0 Å². The lowest BCUT2D eigenvalue weighted by Crippen LogP contribution is -1.91. The van der Waals surface area contributed by atoms with E-state index < -0.39 is 11.9 Å². The van der Waals surface area contributed by atoms with Crippen LogP contribution in [0.1, 0.15) is 5.56 Å². The van der Waals surface area contributed by atoms with E-state index in [-0.39, 0.29) is 0 Å². The van der Waals surface area contributed by atoms with Crippen LogP contribution in [0.4, 0.5) is 0 Å². The Morgan fingerprint density at radius 1 is 1.06 bits per heavy atom. The van der Waals surface area contributed by atoms with E-state index in [1.54, 1.807) is 6.21 Å². The molecule has 1 aromatic carbocycles. The number of carbonyl (C=O) groups is 2. The molecular formula is C11H10BrNO4. The quantitative estimate of drug-likeness (QED) is 0.661. The van der Waals surface area contributed by atoms with Gasteiger partial charge < -0.3 is 10.2 Å². The fourth-order valence-electron chi connectivity index (χ4n) is 0.738. The third-order valence-electron chi connectivity index (χ3n) is 1.37. The molecular weight excluding hydrogens is 290 g/mol. The van der Waals surface area contributed by atoms with Crippen molar-refractivity contribution >= 4 is 34.3 Å². The molecule has 90 valence electrons. The molecule has 2 N–H and O–H groups in total. The maximum atomic E-state index is 9.55. The van der Waals surface area contributed by atoms with E-state index in [9.17, 15) is 9.59 Å². The summed E-state index contributed by atoms with van der Waals surface area (Å²) in [5.41, 5.74) is 1.11. The Morgan fingerprint density at radius 3 is 1.88 bits per heavy atom. The number of carboxylic acids is 2. The first-order valence-corrected chi connectivity index (χ1v) is 5.10. The minimum Gasteiger partial charge on any atom is -0.478 e. The summed E-state index contributed by atoms with van der Waals surface area (Å²) >= 11 is 2.96. The van der Waals surface area contributed by atoms with Crippen LogP contribution in [0.5, 0.6) is 0 Å². The lowest BCUT2D eigenvalue weighted by atomic mass is 10.2. The molecule has 1 rings (SSSR count). The normalized spacial score (nSPS) is 9.94. The standard InChI is InChI=1S/C7H6BrN.C4H4O4/c8-9-6-7-4-2-1-3-5-7;5-3(6)1-2-4(7)8/h1-6H;1-2H,(H,5,6)(H,7,8)/b;2-1-. The highest BCUT2D eigenvalue weighted by atomic mass is 79.9. The van der Waals surface area contributed by atoms with Gasteiger partial charge >= 0.3 is 11.9 Å². The van der Waals surface area contributed by atoms with Gasteiger partial charge in [0.15, 0.2) is 0 Å². The van der Waals surface area contributed by atoms with Gasteiger partial charge in [-0.1, -0.05) is 30.3 Å². The number of halogens is 1. The van der Waals surface area contributed by atoms with Gasteiger partial charge in [0, 0.05) is 18.4 Å². The molecule has 1 aromatic rings. The summed E-state index contributed by atoms with van der Waals surface area (Å²) in [7, 11) is 0. The second-order valence-corrected chi connectivity index (χ2v) is 3.06. The lowest BCUT2D eigenvalue weighted by Gasteiger charge is -1.85. The van der Waals surface area contributed by atoms with E-state index in [2.05, 4.69) is 20.2 Å². The van der Waals surface area contributed by atoms with Gasteiger partial charge in [-0.2, -0.15) is 0 Å². The van der Waals surface area contributed by atoms with Gasteiger partial charge in [-0.15, -0.1) is 0 Å². The van der Waals surface area contributed by atoms with Crippen molar-refractivity contribution in [1.82, 2.24) is 0 Å². The second-order valence-electron chi connectivity index (χ2n) is 2.65. The van der Waals surface area contributed by atoms with Gasteiger partial charge in [-0.25, -0.2) is 13.6 Å². The van der Waals surface area contributed by atoms with Gasteiger partial charge in [-0.05, 0) is 5.56 Å². The number of rotatable bonds is 3. The minimum atomic E-state index is -1.26. The van der Waals surface area contributed by atoms with Crippen LogP contribution in [0, 0.1) is 0 Å². The number of hydrogen-bond donors (Lipinski definition) is 2. The Morgan fingerprint density at radius 2 is 1.53 bits per heavy atom. The Hall–Kier alpha value is -1.95. The van der Waals surface area contributed by atoms with Gasteiger partial charge in [0.25, 0.3) is 0 Å². The van der Waals surface area contributed by atoms with Gasteiger partial charge in [-0.3, -0.25) is 0 Å². The Bertz CT molecular complexity index is 399. The highest BCUT2D eigenvalue weighted by Gasteiger charge is 1.88. The number of benzene rings is 1. The Balaban J connectivity index is 0.000000304. The molecule has 0 heterocycles. The zero-order valence-electron chi connectivity index (χ0n) is 8.65. The van der Waals surface area contributed by atoms with Crippen LogP contribution in [0.3, 0.4) is 0 Å². The fraction of sp³-hybridized carbons (Fsp3) is 0. The molecule has 0 aliphatic rings. The summed E-state index contributed by atoms with van der Waals surface area (Å²) in [6.07, 6.45) is 2.87. The molecule has 0 aromatic heterocycles. The molecule has 0 saturated carbocycles. The molecule has 5 nitrogen and oxygen atoms in total. The number of nitrogens with zero attached hydrogens (tertiary/aromatic N) is 1. The summed E-state index contributed by atoms with van der Waals surface area (Å²) < 4.78 is 3.69. The molecule has 0 saturated heterocycles. The molecule has 0 bridgehead atoms. The van der Waals surface area contributed by atoms with E-state index in [4.69, 9.17) is 10.2 Å². The number of aliphatic carboxylic acids is 2. The molecule has 0 spiro atoms. The van der Waals surface area contributed by atoms with Crippen molar-refractivity contribution in [2.75, 3.05) is 0 Å². The van der Waals surface area contributed by atoms with Gasteiger partial charge in [0.2, 0.25) is 0 Å². The Labute approximate surface area is 106 Å². The minimum absolute atomic E-state index is 0.558. The van der Waals surface area contributed by atoms with Crippen LogP contribution in [0.25, 0.3) is 0 Å². The van der Waals surface area contributed by atoms with E-state index in [0.717, 1.165) is 5.56 Å². The first kappa shape index (κ1) is 15.0. The van der Waals surface area contributed by atoms with E-state index in [1.165, 1.54) is 0 Å². The van der Waals surface area contributed by atoms with Crippen LogP contribution >= 0.6 is 16.1 Å². The van der Waals surface area contributed by atoms with Crippen molar-refractivity contribution in [3.8, 4) is 0 Å². The summed E-state index contributed by atoms with van der Waals surface area (Å²) in [6, 6.07) is 9.91. The van der Waals surface area contributed by atoms with Crippen LogP contribution in [-0.2, 0) is 9.59 Å². The molecule has 17 heavy (non-hydrogen) atoms. The molecule has 0 aliphatic heterocycles. The molecule has 0 fully saturated rings. The van der Waals surface area contributed by atoms with Gasteiger partial charge in [0.1, 0.15) is 0 Å². The Kier molecular flexibility index (Phi) is 8.22. The van der Waals surface area contributed by atoms with Gasteiger partial charge in [0.05, 0.1) is 16.1 Å². The second kappa shape index (κ2) is 9.29. The van der Waals surface area contributed by atoms with Crippen molar-refractivity contribution in [3.63, 3.8) is 0 Å². The zero-order valence-corrected chi connectivity index (χ0v) is 10.2. The van der Waals surface area contributed by atoms with Crippen molar-refractivity contribution in [2.45, 2.75) is 0 Å². The van der Waals surface area contributed by atoms with Crippen LogP contribution in [0.2, 0.25) is 0 Å². The SMILES string of the molecule is BrN=Cc1ccccc1.O=C(O)/C=C\C(=O)O. The monoisotopic (exact) mass is 299 g/mol. The van der Waals surface area contributed by atoms with Crippen LogP contribution in [0.15, 0.2) is 46.5 Å². The van der Waals surface area contributed by atoms with Crippen LogP contribution < -0.4 is 0 Å². The van der Waals surface area contributed by atoms with Crippen molar-refractivity contribution in [3.05, 3.63) is 48.0 Å². The van der Waals surface area contributed by atoms with Crippen LogP contribution in [-0.4, -0.2) is 28.4 Å². The van der Waals surface area contributed by atoms with E-state index >= 15 is 0 Å². The van der Waals surface area contributed by atoms with Crippen molar-refractivity contribution < 1.29 is 19.8 Å². The lowest BCUT2D eigenvalue weighted by molar-refractivity contribution is -0.134. The van der Waals surface area contributed by atoms with Crippen molar-refractivity contribution in [2.24, 2.45) is 4.02 Å². The summed E-state index contributed by atoms with van der Waals surface area (Å²) in [5.74, 6) is -2.51. The molecule has 0 radical (unpaired) electrons. The molecule has 0 aliphatic carbocycles. The maximum absolute atomic E-state index is 9.55. The predicted molar refractivity (Wildman–Crippen MR) is 67.4 cm³/mol. The molecule has 0 amide bonds. The van der Waals surface area contributed by atoms with Crippen molar-refractivity contribution in [1.29, 1.82) is 0 Å². The largest absolute Gasteiger partial charge is 0.478 e. The highest BCUT2D eigenvalue weighted by molar-refractivity contribution is 9.08. The smallest absolute Gasteiger partial charge is 0.328 e. The highest BCUT2D eigenvalue weighted by Crippen LogP contribution is 1.94. The average molecular weight is 300 g/mol. The summed E-state index contributed by atoms with van der Waals surface area (Å²) in [4.78, 5) is 19.1. The molecule has 0 unspecified atom stereocenters. The average Bonchev–Trinajstić information content (AvgIpc) is 2.29. The number of hydrogen-bond acceptors (Lipinski definition) is 3.